The summed E-state index contributed by atoms with van der Waals surface area (Å²) in [5.74, 6) is 0.647. The Labute approximate surface area is 177 Å². The Morgan fingerprint density at radius 1 is 1.00 bits per heavy atom. The van der Waals surface area contributed by atoms with E-state index in [-0.39, 0.29) is 0 Å². The molecule has 31 heavy (non-hydrogen) atoms. The Kier molecular flexibility index (Phi) is 4.05. The Morgan fingerprint density at radius 3 is 2.77 bits per heavy atom. The first-order valence-electron chi connectivity index (χ1n) is 10.4. The van der Waals surface area contributed by atoms with Crippen molar-refractivity contribution in [1.82, 2.24) is 35.1 Å². The maximum atomic E-state index is 5.89. The van der Waals surface area contributed by atoms with E-state index in [1.807, 2.05) is 24.4 Å². The van der Waals surface area contributed by atoms with Crippen molar-refractivity contribution in [2.75, 3.05) is 23.7 Å². The van der Waals surface area contributed by atoms with Crippen LogP contribution >= 0.6 is 0 Å². The Hall–Kier alpha value is -4.01. The van der Waals surface area contributed by atoms with Crippen molar-refractivity contribution in [1.29, 1.82) is 0 Å². The normalized spacial score (nSPS) is 14.5. The number of H-pyrrole nitrogens is 2. The average molecular weight is 411 g/mol. The molecule has 0 unspecified atom stereocenters. The van der Waals surface area contributed by atoms with Gasteiger partial charge in [0.15, 0.2) is 17.2 Å². The lowest BCUT2D eigenvalue weighted by Gasteiger charge is -2.28. The summed E-state index contributed by atoms with van der Waals surface area (Å²) in [5.41, 5.74) is 13.1. The van der Waals surface area contributed by atoms with E-state index in [0.717, 1.165) is 46.6 Å². The molecule has 0 amide bonds. The van der Waals surface area contributed by atoms with E-state index in [2.05, 4.69) is 36.1 Å². The zero-order valence-electron chi connectivity index (χ0n) is 16.8. The summed E-state index contributed by atoms with van der Waals surface area (Å²) in [6.07, 6.45) is 8.89. The second-order valence-electron chi connectivity index (χ2n) is 7.83. The van der Waals surface area contributed by atoms with E-state index in [9.17, 15) is 0 Å². The van der Waals surface area contributed by atoms with Crippen LogP contribution in [0.4, 0.5) is 11.4 Å². The van der Waals surface area contributed by atoms with Gasteiger partial charge >= 0.3 is 0 Å². The number of anilines is 2. The zero-order chi connectivity index (χ0) is 20.8. The van der Waals surface area contributed by atoms with Gasteiger partial charge in [0.2, 0.25) is 0 Å². The van der Waals surface area contributed by atoms with Crippen LogP contribution in [0.3, 0.4) is 0 Å². The fraction of sp³-hybridized carbons (Fsp3) is 0.227. The highest BCUT2D eigenvalue weighted by molar-refractivity contribution is 5.93. The molecule has 9 heteroatoms. The molecular formula is C22H21N9. The standard InChI is InChI=1S/C22H21N9/c23-14-10-13(11-24-12-14)15-4-5-16-18(26-15)20(30-29-16)22-27-19-17(6-7-25-21(19)28-22)31-8-2-1-3-9-31/h4-7,10-12H,1-3,8-9,23H2,(H,29,30)(H,25,27,28). The van der Waals surface area contributed by atoms with Gasteiger partial charge in [-0.05, 0) is 43.5 Å². The van der Waals surface area contributed by atoms with Crippen molar-refractivity contribution in [3.05, 3.63) is 42.9 Å². The lowest BCUT2D eigenvalue weighted by molar-refractivity contribution is 0.578. The van der Waals surface area contributed by atoms with Crippen LogP contribution in [0.1, 0.15) is 19.3 Å². The van der Waals surface area contributed by atoms with E-state index in [4.69, 9.17) is 15.7 Å². The third-order valence-electron chi connectivity index (χ3n) is 5.75. The number of aromatic nitrogens is 7. The third kappa shape index (κ3) is 3.05. The van der Waals surface area contributed by atoms with Crippen molar-refractivity contribution in [2.45, 2.75) is 19.3 Å². The maximum Gasteiger partial charge on any atom is 0.180 e. The number of nitrogens with two attached hydrogens (primary N) is 1. The van der Waals surface area contributed by atoms with Crippen LogP contribution in [0, 0.1) is 0 Å². The van der Waals surface area contributed by atoms with E-state index < -0.39 is 0 Å². The summed E-state index contributed by atoms with van der Waals surface area (Å²) in [4.78, 5) is 24.1. The molecule has 1 saturated heterocycles. The summed E-state index contributed by atoms with van der Waals surface area (Å²) in [6, 6.07) is 7.80. The second kappa shape index (κ2) is 7.05. The molecule has 1 aliphatic heterocycles. The molecule has 154 valence electrons. The highest BCUT2D eigenvalue weighted by atomic mass is 15.2. The number of pyridine rings is 3. The van der Waals surface area contributed by atoms with Gasteiger partial charge in [-0.1, -0.05) is 0 Å². The topological polar surface area (TPSA) is 125 Å². The Morgan fingerprint density at radius 2 is 1.90 bits per heavy atom. The molecular weight excluding hydrogens is 390 g/mol. The first-order valence-corrected chi connectivity index (χ1v) is 10.4. The predicted octanol–water partition coefficient (Wildman–Crippen LogP) is 3.53. The van der Waals surface area contributed by atoms with Gasteiger partial charge in [-0.3, -0.25) is 10.1 Å². The van der Waals surface area contributed by atoms with Crippen molar-refractivity contribution >= 4 is 33.6 Å². The minimum atomic E-state index is 0.598. The average Bonchev–Trinajstić information content (AvgIpc) is 3.43. The van der Waals surface area contributed by atoms with Gasteiger partial charge < -0.3 is 15.6 Å². The summed E-state index contributed by atoms with van der Waals surface area (Å²) >= 11 is 0. The highest BCUT2D eigenvalue weighted by Gasteiger charge is 2.19. The number of hydrogen-bond acceptors (Lipinski definition) is 7. The largest absolute Gasteiger partial charge is 0.397 e. The van der Waals surface area contributed by atoms with Gasteiger partial charge in [-0.15, -0.1) is 0 Å². The van der Waals surface area contributed by atoms with Gasteiger partial charge in [0.1, 0.15) is 11.0 Å². The Balaban J connectivity index is 1.46. The number of nitrogens with one attached hydrogen (secondary N) is 2. The Bertz CT molecular complexity index is 1390. The summed E-state index contributed by atoms with van der Waals surface area (Å²) in [7, 11) is 0. The molecule has 0 aromatic carbocycles. The van der Waals surface area contributed by atoms with Gasteiger partial charge in [0, 0.05) is 37.2 Å². The number of hydrogen-bond donors (Lipinski definition) is 3. The van der Waals surface area contributed by atoms with Crippen molar-refractivity contribution < 1.29 is 0 Å². The predicted molar refractivity (Wildman–Crippen MR) is 120 cm³/mol. The maximum absolute atomic E-state index is 5.89. The number of imidazole rings is 1. The first-order chi connectivity index (χ1) is 15.3. The lowest BCUT2D eigenvalue weighted by atomic mass is 10.1. The number of rotatable bonds is 3. The molecule has 0 bridgehead atoms. The summed E-state index contributed by atoms with van der Waals surface area (Å²) < 4.78 is 0. The van der Waals surface area contributed by atoms with E-state index in [1.54, 1.807) is 12.4 Å². The van der Waals surface area contributed by atoms with Gasteiger partial charge in [0.25, 0.3) is 0 Å². The van der Waals surface area contributed by atoms with Gasteiger partial charge in [-0.2, -0.15) is 5.10 Å². The van der Waals surface area contributed by atoms with E-state index >= 15 is 0 Å². The van der Waals surface area contributed by atoms with Crippen LogP contribution in [-0.2, 0) is 0 Å². The van der Waals surface area contributed by atoms with Gasteiger partial charge in [-0.25, -0.2) is 15.0 Å². The monoisotopic (exact) mass is 411 g/mol. The van der Waals surface area contributed by atoms with Crippen LogP contribution in [-0.4, -0.2) is 48.2 Å². The molecule has 5 aromatic heterocycles. The molecule has 0 aliphatic carbocycles. The van der Waals surface area contributed by atoms with Gasteiger partial charge in [0.05, 0.1) is 22.6 Å². The minimum absolute atomic E-state index is 0.598. The number of piperidine rings is 1. The first kappa shape index (κ1) is 17.8. The molecule has 0 atom stereocenters. The van der Waals surface area contributed by atoms with Crippen LogP contribution in [0.25, 0.3) is 45.0 Å². The smallest absolute Gasteiger partial charge is 0.180 e. The molecule has 0 spiro atoms. The van der Waals surface area contributed by atoms with E-state index in [1.165, 1.54) is 19.3 Å². The molecule has 6 heterocycles. The van der Waals surface area contributed by atoms with Crippen LogP contribution < -0.4 is 10.6 Å². The molecule has 4 N–H and O–H groups in total. The lowest BCUT2D eigenvalue weighted by Crippen LogP contribution is -2.29. The quantitative estimate of drug-likeness (QED) is 0.415. The molecule has 5 aromatic rings. The van der Waals surface area contributed by atoms with Crippen LogP contribution in [0.15, 0.2) is 42.9 Å². The van der Waals surface area contributed by atoms with E-state index in [0.29, 0.717) is 22.9 Å². The number of nitrogens with zero attached hydrogens (tertiary/aromatic N) is 6. The van der Waals surface area contributed by atoms with Crippen LogP contribution in [0.5, 0.6) is 0 Å². The SMILES string of the molecule is Nc1cncc(-c2ccc3[nH]nc(-c4nc5nccc(N6CCCCC6)c5[nH]4)c3n2)c1. The number of nitrogen functional groups attached to an aromatic ring is 1. The zero-order valence-corrected chi connectivity index (χ0v) is 16.8. The third-order valence-corrected chi connectivity index (χ3v) is 5.75. The van der Waals surface area contributed by atoms with Crippen molar-refractivity contribution in [3.63, 3.8) is 0 Å². The fourth-order valence-electron chi connectivity index (χ4n) is 4.23. The van der Waals surface area contributed by atoms with Crippen molar-refractivity contribution in [3.8, 4) is 22.8 Å². The molecule has 9 nitrogen and oxygen atoms in total. The van der Waals surface area contributed by atoms with Crippen molar-refractivity contribution in [2.24, 2.45) is 0 Å². The number of aromatic amines is 2. The minimum Gasteiger partial charge on any atom is -0.397 e. The summed E-state index contributed by atoms with van der Waals surface area (Å²) in [6.45, 7) is 2.11. The number of fused-ring (bicyclic) bond motifs is 2. The molecule has 6 rings (SSSR count). The molecule has 0 saturated carbocycles. The fourth-order valence-corrected chi connectivity index (χ4v) is 4.23. The highest BCUT2D eigenvalue weighted by Crippen LogP contribution is 2.31. The molecule has 1 fully saturated rings. The summed E-state index contributed by atoms with van der Waals surface area (Å²) in [5, 5.41) is 7.55. The molecule has 1 aliphatic rings. The molecule has 0 radical (unpaired) electrons. The van der Waals surface area contributed by atoms with Crippen LogP contribution in [0.2, 0.25) is 0 Å². The second-order valence-corrected chi connectivity index (χ2v) is 7.83.